The maximum atomic E-state index is 12.5. The lowest BCUT2D eigenvalue weighted by Gasteiger charge is -2.28. The summed E-state index contributed by atoms with van der Waals surface area (Å²) in [5.74, 6) is -0.352. The molecule has 2 amide bonds. The Bertz CT molecular complexity index is 602. The van der Waals surface area contributed by atoms with Crippen molar-refractivity contribution >= 4 is 43.9 Å². The summed E-state index contributed by atoms with van der Waals surface area (Å²) in [7, 11) is 2.88. The van der Waals surface area contributed by atoms with Gasteiger partial charge in [0, 0.05) is 16.0 Å². The van der Waals surface area contributed by atoms with Gasteiger partial charge in [-0.3, -0.25) is 14.5 Å². The molecule has 0 saturated heterocycles. The summed E-state index contributed by atoms with van der Waals surface area (Å²) in [5.41, 5.74) is 0.197. The Labute approximate surface area is 159 Å². The second-order valence-electron chi connectivity index (χ2n) is 6.15. The molecule has 0 saturated carbocycles. The normalized spacial score (nSPS) is 11.1. The molecule has 0 fully saturated rings. The van der Waals surface area contributed by atoms with Crippen LogP contribution in [-0.4, -0.2) is 48.3 Å². The molecule has 0 spiro atoms. The number of nitrogens with zero attached hydrogens (tertiary/aromatic N) is 2. The molecule has 0 unspecified atom stereocenters. The van der Waals surface area contributed by atoms with E-state index in [9.17, 15) is 9.59 Å². The van der Waals surface area contributed by atoms with Crippen molar-refractivity contribution in [3.05, 3.63) is 32.7 Å². The first-order valence-corrected chi connectivity index (χ1v) is 8.84. The monoisotopic (exact) mass is 464 g/mol. The van der Waals surface area contributed by atoms with Crippen molar-refractivity contribution in [2.45, 2.75) is 32.9 Å². The molecule has 0 atom stereocenters. The van der Waals surface area contributed by atoms with Gasteiger partial charge in [-0.2, -0.15) is 0 Å². The van der Waals surface area contributed by atoms with E-state index in [1.54, 1.807) is 20.8 Å². The number of halogens is 2. The molecule has 6 nitrogen and oxygen atoms in total. The van der Waals surface area contributed by atoms with E-state index in [0.29, 0.717) is 0 Å². The lowest BCUT2D eigenvalue weighted by atomic mass is 10.2. The average Bonchev–Trinajstić information content (AvgIpc) is 2.47. The third-order valence-corrected chi connectivity index (χ3v) is 4.24. The van der Waals surface area contributed by atoms with Crippen molar-refractivity contribution in [1.29, 1.82) is 0 Å². The second kappa shape index (κ2) is 8.82. The minimum Gasteiger partial charge on any atom is -0.444 e. The fourth-order valence-corrected chi connectivity index (χ4v) is 2.53. The predicted octanol–water partition coefficient (Wildman–Crippen LogP) is 3.97. The maximum Gasteiger partial charge on any atom is 0.411 e. The molecule has 0 radical (unpaired) electrons. The number of carbonyl (C=O) groups excluding carboxylic acids is 2. The number of likely N-dealkylation sites (N-methyl/N-ethyl adjacent to an activating group) is 1. The Morgan fingerprint density at radius 2 is 1.83 bits per heavy atom. The zero-order valence-electron chi connectivity index (χ0n) is 14.4. The largest absolute Gasteiger partial charge is 0.444 e. The van der Waals surface area contributed by atoms with Crippen LogP contribution in [0.25, 0.3) is 0 Å². The van der Waals surface area contributed by atoms with Gasteiger partial charge >= 0.3 is 6.09 Å². The minimum atomic E-state index is -0.653. The van der Waals surface area contributed by atoms with Crippen LogP contribution >= 0.6 is 31.9 Å². The van der Waals surface area contributed by atoms with E-state index < -0.39 is 11.7 Å². The molecule has 0 aromatic heterocycles. The average molecular weight is 466 g/mol. The molecule has 0 aliphatic carbocycles. The molecular weight excluding hydrogens is 444 g/mol. The molecule has 0 heterocycles. The van der Waals surface area contributed by atoms with Crippen molar-refractivity contribution in [2.75, 3.05) is 20.7 Å². The summed E-state index contributed by atoms with van der Waals surface area (Å²) < 4.78 is 7.12. The molecule has 0 N–H and O–H groups in total. The number of hydrogen-bond donors (Lipinski definition) is 0. The maximum absolute atomic E-state index is 12.5. The van der Waals surface area contributed by atoms with Crippen LogP contribution in [0.4, 0.5) is 4.79 Å². The van der Waals surface area contributed by atoms with Crippen LogP contribution in [0.5, 0.6) is 0 Å². The molecule has 1 rings (SSSR count). The molecular formula is C16H22Br2N2O4. The number of carbonyl (C=O) groups is 2. The molecule has 1 aromatic rings. The summed E-state index contributed by atoms with van der Waals surface area (Å²) in [6, 6.07) is 5.64. The summed E-state index contributed by atoms with van der Waals surface area (Å²) in [5, 5.41) is 1.08. The molecule has 134 valence electrons. The quantitative estimate of drug-likeness (QED) is 0.617. The lowest BCUT2D eigenvalue weighted by molar-refractivity contribution is -0.169. The molecule has 0 bridgehead atoms. The van der Waals surface area contributed by atoms with Crippen LogP contribution < -0.4 is 0 Å². The first-order chi connectivity index (χ1) is 11.0. The summed E-state index contributed by atoms with van der Waals surface area (Å²) in [4.78, 5) is 30.8. The van der Waals surface area contributed by atoms with E-state index in [1.807, 2.05) is 18.2 Å². The number of ether oxygens (including phenoxy) is 1. The Morgan fingerprint density at radius 1 is 1.21 bits per heavy atom. The van der Waals surface area contributed by atoms with E-state index in [4.69, 9.17) is 9.57 Å². The standard InChI is InChI=1S/C16H22Br2N2O4/c1-16(2,3)24-15(22)20(10-14(21)19(4)23-5)9-11-8-12(17)6-7-13(11)18/h6-8H,9-10H2,1-5H3. The number of rotatable bonds is 5. The van der Waals surface area contributed by atoms with Crippen LogP contribution in [0.1, 0.15) is 26.3 Å². The number of amides is 2. The van der Waals surface area contributed by atoms with Gasteiger partial charge in [0.05, 0.1) is 13.7 Å². The Kier molecular flexibility index (Phi) is 7.69. The van der Waals surface area contributed by atoms with Gasteiger partial charge in [-0.1, -0.05) is 31.9 Å². The van der Waals surface area contributed by atoms with Crippen LogP contribution in [-0.2, 0) is 20.9 Å². The topological polar surface area (TPSA) is 59.1 Å². The Balaban J connectivity index is 3.01. The van der Waals surface area contributed by atoms with E-state index in [1.165, 1.54) is 19.1 Å². The van der Waals surface area contributed by atoms with E-state index >= 15 is 0 Å². The fourth-order valence-electron chi connectivity index (χ4n) is 1.75. The highest BCUT2D eigenvalue weighted by Gasteiger charge is 2.26. The molecule has 0 aliphatic heterocycles. The van der Waals surface area contributed by atoms with Gasteiger partial charge in [-0.25, -0.2) is 9.86 Å². The van der Waals surface area contributed by atoms with Gasteiger partial charge in [-0.15, -0.1) is 0 Å². The predicted molar refractivity (Wildman–Crippen MR) is 98.3 cm³/mol. The summed E-state index contributed by atoms with van der Waals surface area (Å²) in [6.45, 7) is 5.40. The number of hydrogen-bond acceptors (Lipinski definition) is 4. The molecule has 8 heteroatoms. The van der Waals surface area contributed by atoms with Gasteiger partial charge in [-0.05, 0) is 44.5 Å². The van der Waals surface area contributed by atoms with Crippen LogP contribution in [0.15, 0.2) is 27.1 Å². The molecule has 0 aliphatic rings. The first kappa shape index (κ1) is 20.9. The number of hydroxylamine groups is 2. The third kappa shape index (κ3) is 6.78. The van der Waals surface area contributed by atoms with E-state index in [2.05, 4.69) is 31.9 Å². The van der Waals surface area contributed by atoms with Crippen molar-refractivity contribution in [3.8, 4) is 0 Å². The van der Waals surface area contributed by atoms with Gasteiger partial charge in [0.1, 0.15) is 12.1 Å². The second-order valence-corrected chi connectivity index (χ2v) is 7.92. The Morgan fingerprint density at radius 3 is 2.38 bits per heavy atom. The highest BCUT2D eigenvalue weighted by Crippen LogP contribution is 2.23. The van der Waals surface area contributed by atoms with Crippen LogP contribution in [0.2, 0.25) is 0 Å². The Hall–Kier alpha value is -1.12. The van der Waals surface area contributed by atoms with E-state index in [-0.39, 0.29) is 19.0 Å². The van der Waals surface area contributed by atoms with Gasteiger partial charge in [0.15, 0.2) is 0 Å². The van der Waals surface area contributed by atoms with Crippen LogP contribution in [0.3, 0.4) is 0 Å². The van der Waals surface area contributed by atoms with E-state index in [0.717, 1.165) is 19.6 Å². The van der Waals surface area contributed by atoms with Crippen LogP contribution in [0, 0.1) is 0 Å². The smallest absolute Gasteiger partial charge is 0.411 e. The SMILES string of the molecule is CON(C)C(=O)CN(Cc1cc(Br)ccc1Br)C(=O)OC(C)(C)C. The molecule has 24 heavy (non-hydrogen) atoms. The van der Waals surface area contributed by atoms with Gasteiger partial charge < -0.3 is 4.74 Å². The summed E-state index contributed by atoms with van der Waals surface area (Å²) >= 11 is 6.87. The number of benzene rings is 1. The van der Waals surface area contributed by atoms with Crippen molar-refractivity contribution in [1.82, 2.24) is 9.96 Å². The first-order valence-electron chi connectivity index (χ1n) is 7.26. The zero-order chi connectivity index (χ0) is 18.5. The van der Waals surface area contributed by atoms with Gasteiger partial charge in [0.25, 0.3) is 5.91 Å². The summed E-state index contributed by atoms with van der Waals surface area (Å²) in [6.07, 6.45) is -0.563. The minimum absolute atomic E-state index is 0.155. The lowest BCUT2D eigenvalue weighted by Crippen LogP contribution is -2.43. The van der Waals surface area contributed by atoms with Gasteiger partial charge in [0.2, 0.25) is 0 Å². The third-order valence-electron chi connectivity index (χ3n) is 2.97. The highest BCUT2D eigenvalue weighted by molar-refractivity contribution is 9.11. The van der Waals surface area contributed by atoms with Crippen molar-refractivity contribution in [2.24, 2.45) is 0 Å². The van der Waals surface area contributed by atoms with Crippen molar-refractivity contribution < 1.29 is 19.2 Å². The highest BCUT2D eigenvalue weighted by atomic mass is 79.9. The van der Waals surface area contributed by atoms with Crippen molar-refractivity contribution in [3.63, 3.8) is 0 Å². The fraction of sp³-hybridized carbons (Fsp3) is 0.500. The zero-order valence-corrected chi connectivity index (χ0v) is 17.6. The molecule has 1 aromatic carbocycles.